The Morgan fingerprint density at radius 3 is 2.69 bits per heavy atom. The van der Waals surface area contributed by atoms with Crippen LogP contribution in [0.3, 0.4) is 0 Å². The van der Waals surface area contributed by atoms with E-state index in [-0.39, 0.29) is 18.4 Å². The largest absolute Gasteiger partial charge is 0.481 e. The molecule has 210 valence electrons. The molecule has 0 radical (unpaired) electrons. The molecule has 1 atom stereocenters. The topological polar surface area (TPSA) is 110 Å². The Morgan fingerprint density at radius 1 is 1.28 bits per heavy atom. The van der Waals surface area contributed by atoms with Crippen molar-refractivity contribution in [1.82, 2.24) is 24.4 Å². The molecule has 1 aliphatic rings. The van der Waals surface area contributed by atoms with Crippen molar-refractivity contribution >= 4 is 21.8 Å². The van der Waals surface area contributed by atoms with Crippen LogP contribution in [0.15, 0.2) is 42.9 Å². The van der Waals surface area contributed by atoms with E-state index in [1.54, 1.807) is 25.4 Å². The van der Waals surface area contributed by atoms with E-state index in [0.29, 0.717) is 46.8 Å². The van der Waals surface area contributed by atoms with Crippen LogP contribution in [-0.2, 0) is 28.5 Å². The summed E-state index contributed by atoms with van der Waals surface area (Å²) < 4.78 is 52.4. The van der Waals surface area contributed by atoms with Gasteiger partial charge in [-0.05, 0) is 72.8 Å². The van der Waals surface area contributed by atoms with Crippen molar-refractivity contribution in [2.45, 2.75) is 45.1 Å². The number of nitrogens with zero attached hydrogens (tertiary/aromatic N) is 5. The second-order valence-electron chi connectivity index (χ2n) is 10.2. The maximum atomic E-state index is 14.7. The van der Waals surface area contributed by atoms with Gasteiger partial charge in [0, 0.05) is 32.1 Å². The molecule has 0 aliphatic carbocycles. The molecule has 1 amide bonds. The van der Waals surface area contributed by atoms with Crippen LogP contribution in [0.2, 0.25) is 0 Å². The highest BCUT2D eigenvalue weighted by molar-refractivity contribution is 7.91. The Bertz CT molecular complexity index is 1440. The first-order chi connectivity index (χ1) is 18.5. The molecule has 4 rings (SSSR count). The lowest BCUT2D eigenvalue weighted by Gasteiger charge is -2.37. The Kier molecular flexibility index (Phi) is 8.55. The summed E-state index contributed by atoms with van der Waals surface area (Å²) in [7, 11) is 0.843. The van der Waals surface area contributed by atoms with Crippen molar-refractivity contribution in [2.24, 2.45) is 7.05 Å². The van der Waals surface area contributed by atoms with E-state index in [9.17, 15) is 17.6 Å². The zero-order valence-corrected chi connectivity index (χ0v) is 23.7. The maximum Gasteiger partial charge on any atom is 0.326 e. The molecule has 39 heavy (non-hydrogen) atoms. The van der Waals surface area contributed by atoms with Crippen molar-refractivity contribution < 1.29 is 22.3 Å². The van der Waals surface area contributed by atoms with Crippen LogP contribution >= 0.6 is 0 Å². The number of aromatic nitrogens is 3. The number of benzene rings is 1. The number of methoxy groups -OCH3 is 1. The Labute approximate surface area is 229 Å². The molecular weight excluding hydrogens is 523 g/mol. The molecule has 3 heterocycles. The smallest absolute Gasteiger partial charge is 0.326 e. The van der Waals surface area contributed by atoms with Gasteiger partial charge in [-0.1, -0.05) is 13.8 Å². The van der Waals surface area contributed by atoms with Crippen LogP contribution < -0.4 is 13.8 Å². The number of anilines is 1. The van der Waals surface area contributed by atoms with Gasteiger partial charge in [-0.2, -0.15) is 13.5 Å². The van der Waals surface area contributed by atoms with Gasteiger partial charge in [0.15, 0.2) is 0 Å². The first-order valence-electron chi connectivity index (χ1n) is 12.8. The summed E-state index contributed by atoms with van der Waals surface area (Å²) in [5, 5.41) is 4.14. The monoisotopic (exact) mass is 558 g/mol. The molecule has 0 bridgehead atoms. The first-order valence-corrected chi connectivity index (χ1v) is 14.3. The molecular formula is C27H35FN6O4S. The highest BCUT2D eigenvalue weighted by Crippen LogP contribution is 2.33. The number of nitrogens with one attached hydrogen (secondary N) is 1. The Balaban J connectivity index is 1.69. The van der Waals surface area contributed by atoms with Crippen LogP contribution in [0.4, 0.5) is 10.1 Å². The van der Waals surface area contributed by atoms with Crippen molar-refractivity contribution in [2.75, 3.05) is 31.6 Å². The molecule has 1 aliphatic heterocycles. The fraction of sp³-hybridized carbons (Fsp3) is 0.444. The maximum absolute atomic E-state index is 14.7. The number of piperidine rings is 1. The molecule has 1 fully saturated rings. The van der Waals surface area contributed by atoms with E-state index in [2.05, 4.69) is 19.7 Å². The van der Waals surface area contributed by atoms with Gasteiger partial charge >= 0.3 is 10.2 Å². The molecule has 1 unspecified atom stereocenters. The third kappa shape index (κ3) is 6.56. The van der Waals surface area contributed by atoms with Gasteiger partial charge in [-0.25, -0.2) is 18.4 Å². The number of pyridine rings is 1. The molecule has 0 spiro atoms. The fourth-order valence-corrected chi connectivity index (χ4v) is 6.50. The van der Waals surface area contributed by atoms with Gasteiger partial charge in [0.2, 0.25) is 11.8 Å². The van der Waals surface area contributed by atoms with Gasteiger partial charge in [0.25, 0.3) is 0 Å². The predicted octanol–water partition coefficient (Wildman–Crippen LogP) is 3.26. The van der Waals surface area contributed by atoms with Crippen molar-refractivity contribution in [3.05, 3.63) is 59.8 Å². The van der Waals surface area contributed by atoms with Crippen LogP contribution in [0.1, 0.15) is 43.7 Å². The highest BCUT2D eigenvalue weighted by atomic mass is 32.2. The summed E-state index contributed by atoms with van der Waals surface area (Å²) in [5.41, 5.74) is 2.62. The number of halogens is 1. The molecule has 3 aromatic rings. The number of hydrogen-bond donors (Lipinski definition) is 1. The highest BCUT2D eigenvalue weighted by Gasteiger charge is 2.35. The number of likely N-dealkylation sites (tertiary alicyclic amines) is 1. The minimum absolute atomic E-state index is 0.118. The molecule has 1 N–H and O–H groups in total. The number of carbonyl (C=O) groups excluding carboxylic acids is 1. The third-order valence-electron chi connectivity index (χ3n) is 6.84. The second kappa shape index (κ2) is 11.7. The van der Waals surface area contributed by atoms with E-state index >= 15 is 0 Å². The summed E-state index contributed by atoms with van der Waals surface area (Å²) in [6.45, 7) is 5.18. The molecule has 1 saturated heterocycles. The van der Waals surface area contributed by atoms with Gasteiger partial charge < -0.3 is 9.64 Å². The summed E-state index contributed by atoms with van der Waals surface area (Å²) >= 11 is 0. The Hall–Kier alpha value is -3.51. The van der Waals surface area contributed by atoms with Gasteiger partial charge in [0.05, 0.1) is 31.5 Å². The van der Waals surface area contributed by atoms with Crippen LogP contribution in [0, 0.1) is 5.82 Å². The minimum atomic E-state index is -4.28. The number of aryl methyl sites for hydroxylation is 1. The van der Waals surface area contributed by atoms with Gasteiger partial charge in [-0.3, -0.25) is 9.48 Å². The van der Waals surface area contributed by atoms with Crippen LogP contribution in [0.25, 0.3) is 11.1 Å². The van der Waals surface area contributed by atoms with E-state index < -0.39 is 21.9 Å². The Morgan fingerprint density at radius 2 is 2.05 bits per heavy atom. The zero-order chi connectivity index (χ0) is 28.3. The van der Waals surface area contributed by atoms with Gasteiger partial charge in [0.1, 0.15) is 5.82 Å². The van der Waals surface area contributed by atoms with Crippen molar-refractivity contribution in [3.8, 4) is 17.0 Å². The number of ether oxygens (including phenoxy) is 1. The third-order valence-corrected chi connectivity index (χ3v) is 8.35. The normalized spacial score (nSPS) is 16.3. The van der Waals surface area contributed by atoms with Gasteiger partial charge in [-0.15, -0.1) is 0 Å². The fourth-order valence-electron chi connectivity index (χ4n) is 5.10. The SMILES string of the molecule is COc1cc(-c2cc(F)cc(C(C)C)c2CC(=O)NS(=O)(=O)N(c2cnn(C)c2)C2CCCN(C)C2)ccn1. The van der Waals surface area contributed by atoms with E-state index in [0.717, 1.165) is 13.0 Å². The standard InChI is InChI=1S/C27H35FN6O4S/c1-18(2)23-12-20(28)13-24(19-8-9-29-27(11-19)38-5)25(23)14-26(35)31-39(36,37)34(22-15-30-33(4)17-22)21-7-6-10-32(3)16-21/h8-9,11-13,15,17-18,21H,6-7,10,14,16H2,1-5H3,(H,31,35). The molecule has 0 saturated carbocycles. The number of likely N-dealkylation sites (N-methyl/N-ethyl adjacent to an activating group) is 1. The average Bonchev–Trinajstić information content (AvgIpc) is 3.29. The van der Waals surface area contributed by atoms with E-state index in [4.69, 9.17) is 4.74 Å². The lowest BCUT2D eigenvalue weighted by molar-refractivity contribution is -0.118. The molecule has 10 nitrogen and oxygen atoms in total. The van der Waals surface area contributed by atoms with Crippen molar-refractivity contribution in [1.29, 1.82) is 0 Å². The zero-order valence-electron chi connectivity index (χ0n) is 22.9. The van der Waals surface area contributed by atoms with E-state index in [1.165, 1.54) is 40.6 Å². The first kappa shape index (κ1) is 28.5. The number of amides is 1. The molecule has 12 heteroatoms. The summed E-state index contributed by atoms with van der Waals surface area (Å²) in [5.74, 6) is -0.952. The quantitative estimate of drug-likeness (QED) is 0.429. The number of rotatable bonds is 9. The minimum Gasteiger partial charge on any atom is -0.481 e. The van der Waals surface area contributed by atoms with Crippen LogP contribution in [-0.4, -0.2) is 67.3 Å². The average molecular weight is 559 g/mol. The summed E-state index contributed by atoms with van der Waals surface area (Å²) in [6, 6.07) is 5.72. The predicted molar refractivity (Wildman–Crippen MR) is 147 cm³/mol. The lowest BCUT2D eigenvalue weighted by atomic mass is 9.88. The molecule has 1 aromatic carbocycles. The second-order valence-corrected chi connectivity index (χ2v) is 11.7. The summed E-state index contributed by atoms with van der Waals surface area (Å²) in [4.78, 5) is 19.6. The number of hydrogen-bond acceptors (Lipinski definition) is 7. The lowest BCUT2D eigenvalue weighted by Crippen LogP contribution is -2.54. The number of carbonyl (C=O) groups is 1. The van der Waals surface area contributed by atoms with Crippen LogP contribution in [0.5, 0.6) is 5.88 Å². The molecule has 2 aromatic heterocycles. The van der Waals surface area contributed by atoms with E-state index in [1.807, 2.05) is 20.9 Å². The van der Waals surface area contributed by atoms with Crippen molar-refractivity contribution in [3.63, 3.8) is 0 Å². The summed E-state index contributed by atoms with van der Waals surface area (Å²) in [6.07, 6.45) is 5.84.